The molecule has 4 rings (SSSR count). The summed E-state index contributed by atoms with van der Waals surface area (Å²) < 4.78 is 27.9. The van der Waals surface area contributed by atoms with Crippen molar-refractivity contribution in [2.24, 2.45) is 0 Å². The van der Waals surface area contributed by atoms with Crippen molar-refractivity contribution in [1.82, 2.24) is 0 Å². The minimum Gasteiger partial charge on any atom is -0.455 e. The lowest BCUT2D eigenvalue weighted by Crippen LogP contribution is -2.59. The van der Waals surface area contributed by atoms with Crippen LogP contribution in [-0.4, -0.2) is 54.8 Å². The molecule has 1 aliphatic rings. The van der Waals surface area contributed by atoms with E-state index in [4.69, 9.17) is 23.7 Å². The van der Waals surface area contributed by atoms with Gasteiger partial charge in [-0.1, -0.05) is 36.4 Å². The lowest BCUT2D eigenvalue weighted by Gasteiger charge is -2.44. The third-order valence-electron chi connectivity index (χ3n) is 6.72. The molecule has 1 saturated heterocycles. The van der Waals surface area contributed by atoms with Crippen molar-refractivity contribution in [3.63, 3.8) is 0 Å². The average Bonchev–Trinajstić information content (AvgIpc) is 3.40. The number of benzene rings is 2. The number of aldehydes is 1. The average molecular weight is 609 g/mol. The van der Waals surface area contributed by atoms with E-state index in [9.17, 15) is 24.0 Å². The molecule has 0 saturated carbocycles. The van der Waals surface area contributed by atoms with Gasteiger partial charge in [0.1, 0.15) is 12.4 Å². The van der Waals surface area contributed by atoms with E-state index in [2.05, 4.69) is 0 Å². The number of ether oxygens (including phenoxy) is 5. The highest BCUT2D eigenvalue weighted by Crippen LogP contribution is 2.39. The van der Waals surface area contributed by atoms with Crippen LogP contribution in [0, 0.1) is 6.92 Å². The van der Waals surface area contributed by atoms with Crippen LogP contribution in [0.2, 0.25) is 0 Å². The maximum atomic E-state index is 12.2. The summed E-state index contributed by atoms with van der Waals surface area (Å²) >= 11 is 1.60. The monoisotopic (exact) mass is 608 g/mol. The molecule has 0 amide bonds. The first-order chi connectivity index (χ1) is 20.4. The quantitative estimate of drug-likeness (QED) is 0.188. The summed E-state index contributed by atoms with van der Waals surface area (Å²) in [7, 11) is 0. The third-order valence-corrected chi connectivity index (χ3v) is 7.85. The molecule has 1 aliphatic heterocycles. The Morgan fingerprint density at radius 3 is 2.09 bits per heavy atom. The number of thiophene rings is 1. The van der Waals surface area contributed by atoms with Crippen molar-refractivity contribution in [3.8, 4) is 10.4 Å². The second kappa shape index (κ2) is 13.7. The summed E-state index contributed by atoms with van der Waals surface area (Å²) in [5.41, 5.74) is 4.06. The Morgan fingerprint density at radius 2 is 1.44 bits per heavy atom. The van der Waals surface area contributed by atoms with E-state index < -0.39 is 54.6 Å². The van der Waals surface area contributed by atoms with E-state index in [0.717, 1.165) is 53.5 Å². The molecule has 11 heteroatoms. The summed E-state index contributed by atoms with van der Waals surface area (Å²) in [6.07, 6.45) is -5.07. The molecule has 0 radical (unpaired) electrons. The second-order valence-electron chi connectivity index (χ2n) is 10.1. The maximum Gasteiger partial charge on any atom is 0.305 e. The van der Waals surface area contributed by atoms with Gasteiger partial charge in [-0.25, -0.2) is 0 Å². The normalized spacial score (nSPS) is 21.4. The van der Waals surface area contributed by atoms with Crippen molar-refractivity contribution in [2.45, 2.75) is 71.7 Å². The van der Waals surface area contributed by atoms with Gasteiger partial charge in [-0.3, -0.25) is 24.0 Å². The van der Waals surface area contributed by atoms with Crippen LogP contribution in [0.15, 0.2) is 54.6 Å². The van der Waals surface area contributed by atoms with E-state index in [1.807, 2.05) is 49.4 Å². The smallest absolute Gasteiger partial charge is 0.305 e. The van der Waals surface area contributed by atoms with Crippen LogP contribution in [0.4, 0.5) is 0 Å². The zero-order valence-corrected chi connectivity index (χ0v) is 25.2. The molecule has 5 atom stereocenters. The van der Waals surface area contributed by atoms with Crippen LogP contribution < -0.4 is 0 Å². The first kappa shape index (κ1) is 31.6. The predicted molar refractivity (Wildman–Crippen MR) is 155 cm³/mol. The van der Waals surface area contributed by atoms with Gasteiger partial charge in [0.15, 0.2) is 12.2 Å². The highest BCUT2D eigenvalue weighted by molar-refractivity contribution is 7.15. The third kappa shape index (κ3) is 7.94. The Balaban J connectivity index is 1.71. The molecule has 0 spiro atoms. The number of hydrogen-bond acceptors (Lipinski definition) is 11. The van der Waals surface area contributed by atoms with Gasteiger partial charge in [-0.05, 0) is 47.4 Å². The van der Waals surface area contributed by atoms with Crippen LogP contribution in [0.5, 0.6) is 0 Å². The van der Waals surface area contributed by atoms with E-state index in [1.165, 1.54) is 6.92 Å². The molecule has 2 aromatic carbocycles. The molecule has 0 bridgehead atoms. The SMILES string of the molecule is CC(=O)OC1OC(c2ccc(C)c(Cc3ccc(-c4cccc(C=O)c4)s3)c2)C(OC(C)=O)C(OC(C)=O)C1OC(C)=O. The van der Waals surface area contributed by atoms with Crippen molar-refractivity contribution in [1.29, 1.82) is 0 Å². The van der Waals surface area contributed by atoms with E-state index in [1.54, 1.807) is 23.5 Å². The number of rotatable bonds is 9. The molecule has 2 heterocycles. The first-order valence-electron chi connectivity index (χ1n) is 13.5. The van der Waals surface area contributed by atoms with Gasteiger partial charge in [0.25, 0.3) is 0 Å². The van der Waals surface area contributed by atoms with Crippen molar-refractivity contribution >= 4 is 41.5 Å². The molecule has 226 valence electrons. The largest absolute Gasteiger partial charge is 0.455 e. The fraction of sp³-hybridized carbons (Fsp3) is 0.344. The topological polar surface area (TPSA) is 132 Å². The van der Waals surface area contributed by atoms with Crippen LogP contribution in [0.25, 0.3) is 10.4 Å². The van der Waals surface area contributed by atoms with E-state index in [0.29, 0.717) is 17.5 Å². The minimum absolute atomic E-state index is 0.567. The molecule has 43 heavy (non-hydrogen) atoms. The Kier molecular flexibility index (Phi) is 10.1. The number of carbonyl (C=O) groups excluding carboxylic acids is 5. The molecule has 5 unspecified atom stereocenters. The van der Waals surface area contributed by atoms with Crippen molar-refractivity contribution in [2.75, 3.05) is 0 Å². The van der Waals surface area contributed by atoms with Crippen molar-refractivity contribution in [3.05, 3.63) is 81.7 Å². The molecule has 0 aliphatic carbocycles. The summed E-state index contributed by atoms with van der Waals surface area (Å²) in [6, 6.07) is 17.0. The van der Waals surface area contributed by atoms with Crippen LogP contribution in [-0.2, 0) is 49.3 Å². The number of hydrogen-bond donors (Lipinski definition) is 0. The van der Waals surface area contributed by atoms with Gasteiger partial charge in [0.05, 0.1) is 0 Å². The summed E-state index contributed by atoms with van der Waals surface area (Å²) in [5.74, 6) is -2.86. The predicted octanol–water partition coefficient (Wildman–Crippen LogP) is 4.88. The number of aryl methyl sites for hydroxylation is 1. The standard InChI is InChI=1S/C32H32O10S/c1-17-9-10-24(14-25(17)15-26-11-12-27(43-26)23-8-6-7-22(13-23)16-33)28-29(38-18(2)34)30(39-19(3)35)31(40-20(4)36)32(42-28)41-21(5)37/h6-14,16,28-32H,15H2,1-5H3. The lowest BCUT2D eigenvalue weighted by atomic mass is 9.90. The minimum atomic E-state index is -1.45. The van der Waals surface area contributed by atoms with Gasteiger partial charge in [0.2, 0.25) is 12.4 Å². The summed E-state index contributed by atoms with van der Waals surface area (Å²) in [4.78, 5) is 61.5. The van der Waals surface area contributed by atoms with Gasteiger partial charge in [-0.2, -0.15) is 0 Å². The van der Waals surface area contributed by atoms with Gasteiger partial charge in [0, 0.05) is 49.4 Å². The fourth-order valence-electron chi connectivity index (χ4n) is 4.94. The molecule has 10 nitrogen and oxygen atoms in total. The molecule has 0 N–H and O–H groups in total. The highest BCUT2D eigenvalue weighted by atomic mass is 32.1. The van der Waals surface area contributed by atoms with Crippen LogP contribution in [0.1, 0.15) is 65.7 Å². The van der Waals surface area contributed by atoms with Crippen LogP contribution >= 0.6 is 11.3 Å². The number of esters is 4. The first-order valence-corrected chi connectivity index (χ1v) is 14.3. The Labute approximate surface area is 252 Å². The lowest BCUT2D eigenvalue weighted by molar-refractivity contribution is -0.298. The Bertz CT molecular complexity index is 1530. The molecular formula is C32H32O10S. The Hall–Kier alpha value is -4.35. The van der Waals surface area contributed by atoms with E-state index >= 15 is 0 Å². The zero-order chi connectivity index (χ0) is 31.3. The summed E-state index contributed by atoms with van der Waals surface area (Å²) in [5, 5.41) is 0. The highest BCUT2D eigenvalue weighted by Gasteiger charge is 2.53. The second-order valence-corrected chi connectivity index (χ2v) is 11.3. The maximum absolute atomic E-state index is 12.2. The van der Waals surface area contributed by atoms with E-state index in [-0.39, 0.29) is 0 Å². The van der Waals surface area contributed by atoms with Gasteiger partial charge < -0.3 is 23.7 Å². The molecule has 1 fully saturated rings. The number of carbonyl (C=O) groups is 5. The Morgan fingerprint density at radius 1 is 0.791 bits per heavy atom. The summed E-state index contributed by atoms with van der Waals surface area (Å²) in [6.45, 7) is 6.63. The zero-order valence-electron chi connectivity index (χ0n) is 24.4. The molecule has 3 aromatic rings. The van der Waals surface area contributed by atoms with Crippen LogP contribution in [0.3, 0.4) is 0 Å². The fourth-order valence-corrected chi connectivity index (χ4v) is 5.97. The molecular weight excluding hydrogens is 576 g/mol. The molecule has 1 aromatic heterocycles. The van der Waals surface area contributed by atoms with Gasteiger partial charge >= 0.3 is 23.9 Å². The van der Waals surface area contributed by atoms with Gasteiger partial charge in [-0.15, -0.1) is 11.3 Å². The van der Waals surface area contributed by atoms with Crippen molar-refractivity contribution < 1.29 is 47.7 Å².